The van der Waals surface area contributed by atoms with Crippen LogP contribution in [0.4, 0.5) is 11.4 Å². The Hall–Kier alpha value is -3.39. The number of carbonyl (C=O) groups is 1. The van der Waals surface area contributed by atoms with Gasteiger partial charge in [0, 0.05) is 36.3 Å². The van der Waals surface area contributed by atoms with Crippen LogP contribution in [0.25, 0.3) is 10.9 Å². The molecule has 1 saturated heterocycles. The molecule has 1 amide bonds. The lowest BCUT2D eigenvalue weighted by Gasteiger charge is -2.34. The number of anilines is 2. The molecule has 0 saturated carbocycles. The molecule has 1 fully saturated rings. The van der Waals surface area contributed by atoms with Gasteiger partial charge in [-0.15, -0.1) is 0 Å². The van der Waals surface area contributed by atoms with E-state index < -0.39 is 0 Å². The van der Waals surface area contributed by atoms with Crippen LogP contribution < -0.4 is 10.2 Å². The van der Waals surface area contributed by atoms with Gasteiger partial charge in [-0.25, -0.2) is 0 Å². The van der Waals surface area contributed by atoms with Gasteiger partial charge in [0.1, 0.15) is 6.07 Å². The second-order valence-electron chi connectivity index (χ2n) is 8.39. The van der Waals surface area contributed by atoms with Crippen LogP contribution in [0, 0.1) is 31.1 Å². The van der Waals surface area contributed by atoms with E-state index in [1.54, 1.807) is 6.20 Å². The van der Waals surface area contributed by atoms with E-state index in [1.807, 2.05) is 24.3 Å². The Labute approximate surface area is 183 Å². The zero-order chi connectivity index (χ0) is 22.0. The summed E-state index contributed by atoms with van der Waals surface area (Å²) in [6.45, 7) is 7.74. The molecule has 158 valence electrons. The molecule has 0 bridgehead atoms. The molecule has 31 heavy (non-hydrogen) atoms. The summed E-state index contributed by atoms with van der Waals surface area (Å²) in [5.41, 5.74) is 6.93. The van der Waals surface area contributed by atoms with Crippen LogP contribution in [0.3, 0.4) is 0 Å². The van der Waals surface area contributed by atoms with Gasteiger partial charge in [-0.1, -0.05) is 19.1 Å². The van der Waals surface area contributed by atoms with Crippen LogP contribution >= 0.6 is 0 Å². The van der Waals surface area contributed by atoms with Gasteiger partial charge in [0.05, 0.1) is 16.8 Å². The van der Waals surface area contributed by atoms with Crippen molar-refractivity contribution in [3.63, 3.8) is 0 Å². The number of hydrogen-bond acceptors (Lipinski definition) is 4. The topological polar surface area (TPSA) is 69.0 Å². The maximum Gasteiger partial charge on any atom is 0.227 e. The van der Waals surface area contributed by atoms with Gasteiger partial charge in [0.25, 0.3) is 0 Å². The minimum absolute atomic E-state index is 0.0253. The van der Waals surface area contributed by atoms with E-state index in [9.17, 15) is 10.1 Å². The first-order valence-corrected chi connectivity index (χ1v) is 10.9. The van der Waals surface area contributed by atoms with E-state index in [4.69, 9.17) is 0 Å². The van der Waals surface area contributed by atoms with Gasteiger partial charge >= 0.3 is 0 Å². The van der Waals surface area contributed by atoms with E-state index in [1.165, 1.54) is 16.7 Å². The molecule has 0 spiro atoms. The highest BCUT2D eigenvalue weighted by Crippen LogP contribution is 2.33. The van der Waals surface area contributed by atoms with Gasteiger partial charge in [0.2, 0.25) is 5.91 Å². The van der Waals surface area contributed by atoms with Crippen molar-refractivity contribution in [2.24, 2.45) is 5.92 Å². The van der Waals surface area contributed by atoms with E-state index in [0.29, 0.717) is 5.56 Å². The van der Waals surface area contributed by atoms with E-state index in [2.05, 4.69) is 54.2 Å². The number of aryl methyl sites for hydroxylation is 3. The third-order valence-electron chi connectivity index (χ3n) is 6.39. The summed E-state index contributed by atoms with van der Waals surface area (Å²) in [7, 11) is 0. The number of nitrogens with zero attached hydrogens (tertiary/aromatic N) is 3. The van der Waals surface area contributed by atoms with Gasteiger partial charge in [0.15, 0.2) is 0 Å². The lowest BCUT2D eigenvalue weighted by atomic mass is 9.94. The van der Waals surface area contributed by atoms with E-state index in [0.717, 1.165) is 54.6 Å². The lowest BCUT2D eigenvalue weighted by Crippen LogP contribution is -2.38. The Kier molecular flexibility index (Phi) is 5.90. The van der Waals surface area contributed by atoms with Crippen LogP contribution in [0.5, 0.6) is 0 Å². The second-order valence-corrected chi connectivity index (χ2v) is 8.39. The first kappa shape index (κ1) is 20.9. The average Bonchev–Trinajstić information content (AvgIpc) is 2.80. The molecule has 2 aromatic carbocycles. The predicted molar refractivity (Wildman–Crippen MR) is 125 cm³/mol. The zero-order valence-corrected chi connectivity index (χ0v) is 18.4. The fourth-order valence-electron chi connectivity index (χ4n) is 4.30. The smallest absolute Gasteiger partial charge is 0.227 e. The molecular formula is C26H28N4O. The molecule has 5 heteroatoms. The highest BCUT2D eigenvalue weighted by molar-refractivity contribution is 5.96. The Morgan fingerprint density at radius 3 is 2.61 bits per heavy atom. The Balaban J connectivity index is 1.52. The highest BCUT2D eigenvalue weighted by atomic mass is 16.1. The van der Waals surface area contributed by atoms with Crippen molar-refractivity contribution >= 4 is 28.2 Å². The highest BCUT2D eigenvalue weighted by Gasteiger charge is 2.27. The largest absolute Gasteiger partial charge is 0.370 e. The molecule has 2 heterocycles. The molecule has 0 radical (unpaired) electrons. The third-order valence-corrected chi connectivity index (χ3v) is 6.39. The van der Waals surface area contributed by atoms with Crippen molar-refractivity contribution in [1.29, 1.82) is 5.26 Å². The van der Waals surface area contributed by atoms with E-state index >= 15 is 0 Å². The number of carbonyl (C=O) groups excluding carboxylic acids is 1. The molecule has 1 N–H and O–H groups in total. The summed E-state index contributed by atoms with van der Waals surface area (Å²) in [4.78, 5) is 19.6. The summed E-state index contributed by atoms with van der Waals surface area (Å²) in [6.07, 6.45) is 4.13. The van der Waals surface area contributed by atoms with Crippen molar-refractivity contribution in [2.45, 2.75) is 40.0 Å². The summed E-state index contributed by atoms with van der Waals surface area (Å²) in [6, 6.07) is 14.6. The lowest BCUT2D eigenvalue weighted by molar-refractivity contribution is -0.120. The normalized spacial score (nSPS) is 14.5. The summed E-state index contributed by atoms with van der Waals surface area (Å²) in [5.74, 6) is 0.0546. The third kappa shape index (κ3) is 4.25. The fraction of sp³-hybridized carbons (Fsp3) is 0.346. The monoisotopic (exact) mass is 412 g/mol. The van der Waals surface area contributed by atoms with Crippen LogP contribution in [-0.2, 0) is 11.2 Å². The number of pyridine rings is 1. The Morgan fingerprint density at radius 1 is 1.16 bits per heavy atom. The van der Waals surface area contributed by atoms with Crippen molar-refractivity contribution in [3.8, 4) is 6.07 Å². The average molecular weight is 413 g/mol. The first-order chi connectivity index (χ1) is 15.0. The number of benzene rings is 2. The number of piperidine rings is 1. The standard InChI is InChI=1S/C26H28N4O/c1-4-19-6-8-24-23(14-19)25(21(15-27)16-28-24)30-11-9-20(10-12-30)26(31)29-22-7-5-17(2)18(3)13-22/h5-8,13-14,16,20H,4,9-12H2,1-3H3,(H,29,31). The van der Waals surface area contributed by atoms with Crippen molar-refractivity contribution in [2.75, 3.05) is 23.3 Å². The number of aromatic nitrogens is 1. The van der Waals surface area contributed by atoms with E-state index in [-0.39, 0.29) is 11.8 Å². The maximum absolute atomic E-state index is 12.8. The molecule has 5 nitrogen and oxygen atoms in total. The van der Waals surface area contributed by atoms with Crippen LogP contribution in [0.1, 0.15) is 42.0 Å². The number of amides is 1. The van der Waals surface area contributed by atoms with Crippen LogP contribution in [0.2, 0.25) is 0 Å². The number of nitrogens with one attached hydrogen (secondary N) is 1. The molecule has 0 unspecified atom stereocenters. The summed E-state index contributed by atoms with van der Waals surface area (Å²) < 4.78 is 0. The minimum Gasteiger partial charge on any atom is -0.370 e. The maximum atomic E-state index is 12.8. The van der Waals surface area contributed by atoms with Crippen molar-refractivity contribution < 1.29 is 4.79 Å². The summed E-state index contributed by atoms with van der Waals surface area (Å²) in [5, 5.41) is 13.8. The van der Waals surface area contributed by atoms with Crippen molar-refractivity contribution in [3.05, 3.63) is 64.8 Å². The van der Waals surface area contributed by atoms with Gasteiger partial charge < -0.3 is 10.2 Å². The SMILES string of the molecule is CCc1ccc2ncc(C#N)c(N3CCC(C(=O)Nc4ccc(C)c(C)c4)CC3)c2c1. The second kappa shape index (κ2) is 8.77. The molecule has 1 aliphatic heterocycles. The Bertz CT molecular complexity index is 1170. The predicted octanol–water partition coefficient (Wildman–Crippen LogP) is 5.14. The molecule has 1 aromatic heterocycles. The van der Waals surface area contributed by atoms with Gasteiger partial charge in [-0.05, 0) is 74.1 Å². The number of rotatable bonds is 4. The first-order valence-electron chi connectivity index (χ1n) is 10.9. The number of nitriles is 1. The fourth-order valence-corrected chi connectivity index (χ4v) is 4.30. The molecular weight excluding hydrogens is 384 g/mol. The van der Waals surface area contributed by atoms with Crippen LogP contribution in [-0.4, -0.2) is 24.0 Å². The van der Waals surface area contributed by atoms with Gasteiger partial charge in [-0.3, -0.25) is 9.78 Å². The quantitative estimate of drug-likeness (QED) is 0.644. The molecule has 3 aromatic rings. The van der Waals surface area contributed by atoms with Crippen molar-refractivity contribution in [1.82, 2.24) is 4.98 Å². The molecule has 4 rings (SSSR count). The summed E-state index contributed by atoms with van der Waals surface area (Å²) >= 11 is 0. The molecule has 0 aliphatic carbocycles. The zero-order valence-electron chi connectivity index (χ0n) is 18.4. The minimum atomic E-state index is -0.0253. The van der Waals surface area contributed by atoms with Crippen LogP contribution in [0.15, 0.2) is 42.6 Å². The number of hydrogen-bond donors (Lipinski definition) is 1. The number of fused-ring (bicyclic) bond motifs is 1. The van der Waals surface area contributed by atoms with Gasteiger partial charge in [-0.2, -0.15) is 5.26 Å². The molecule has 0 atom stereocenters. The molecule has 1 aliphatic rings. The Morgan fingerprint density at radius 2 is 1.94 bits per heavy atom.